The van der Waals surface area contributed by atoms with Crippen molar-refractivity contribution in [3.8, 4) is 5.75 Å². The summed E-state index contributed by atoms with van der Waals surface area (Å²) in [5, 5.41) is 13.4. The Hall–Kier alpha value is -2.56. The first-order valence-electron chi connectivity index (χ1n) is 12.8. The number of carbonyl (C=O) groups excluding carboxylic acids is 2. The van der Waals surface area contributed by atoms with E-state index >= 15 is 0 Å². The molecule has 1 amide bonds. The van der Waals surface area contributed by atoms with Crippen molar-refractivity contribution in [1.29, 1.82) is 0 Å². The Morgan fingerprint density at radius 1 is 1.24 bits per heavy atom. The van der Waals surface area contributed by atoms with Crippen LogP contribution < -0.4 is 10.1 Å². The normalized spacial score (nSPS) is 12.9. The van der Waals surface area contributed by atoms with Crippen molar-refractivity contribution in [2.75, 3.05) is 17.7 Å². The third-order valence-corrected chi connectivity index (χ3v) is 8.63. The van der Waals surface area contributed by atoms with Crippen molar-refractivity contribution in [3.05, 3.63) is 50.6 Å². The summed E-state index contributed by atoms with van der Waals surface area (Å²) in [6.07, 6.45) is 5.15. The molecule has 0 spiro atoms. The first-order chi connectivity index (χ1) is 18.2. The van der Waals surface area contributed by atoms with Gasteiger partial charge in [-0.15, -0.1) is 21.5 Å². The topological polar surface area (TPSA) is 95.3 Å². The van der Waals surface area contributed by atoms with Crippen molar-refractivity contribution in [2.45, 2.75) is 70.6 Å². The monoisotopic (exact) mass is 576 g/mol. The molecule has 1 aliphatic rings. The number of esters is 1. The highest BCUT2D eigenvalue weighted by molar-refractivity contribution is 7.99. The van der Waals surface area contributed by atoms with Gasteiger partial charge in [0.25, 0.3) is 0 Å². The highest BCUT2D eigenvalue weighted by atomic mass is 35.5. The van der Waals surface area contributed by atoms with Crippen molar-refractivity contribution in [2.24, 2.45) is 7.05 Å². The molecule has 0 saturated heterocycles. The van der Waals surface area contributed by atoms with E-state index < -0.39 is 0 Å². The second kappa shape index (κ2) is 13.0. The number of ether oxygens (including phenoxy) is 2. The van der Waals surface area contributed by atoms with Crippen LogP contribution in [0.2, 0.25) is 5.02 Å². The summed E-state index contributed by atoms with van der Waals surface area (Å²) in [5.41, 5.74) is 2.55. The molecule has 11 heteroatoms. The first kappa shape index (κ1) is 28.4. The van der Waals surface area contributed by atoms with E-state index in [1.54, 1.807) is 0 Å². The standard InChI is InChI=1S/C27H33ClN4O4S2/c1-16(2)36-26(34)24-19-8-5-6-9-21(19)38-25(24)29-23(33)15-37-27-31-30-22(32(27)4)10-7-13-35-20-12-11-18(28)14-17(20)3/h11-12,14,16H,5-10,13,15H2,1-4H3,(H,29,33). The Balaban J connectivity index is 1.30. The van der Waals surface area contributed by atoms with Crippen LogP contribution in [0.15, 0.2) is 23.4 Å². The molecule has 4 rings (SSSR count). The molecular weight excluding hydrogens is 544 g/mol. The Morgan fingerprint density at radius 2 is 2.03 bits per heavy atom. The molecule has 0 unspecified atom stereocenters. The van der Waals surface area contributed by atoms with E-state index in [2.05, 4.69) is 15.5 Å². The lowest BCUT2D eigenvalue weighted by Gasteiger charge is -2.14. The Morgan fingerprint density at radius 3 is 2.79 bits per heavy atom. The van der Waals surface area contributed by atoms with Crippen LogP contribution in [0.25, 0.3) is 0 Å². The van der Waals surface area contributed by atoms with Crippen molar-refractivity contribution < 1.29 is 19.1 Å². The summed E-state index contributed by atoms with van der Waals surface area (Å²) >= 11 is 8.81. The van der Waals surface area contributed by atoms with Gasteiger partial charge in [-0.05, 0) is 82.2 Å². The number of thiophene rings is 1. The third-order valence-electron chi connectivity index (χ3n) is 6.17. The minimum Gasteiger partial charge on any atom is -0.493 e. The summed E-state index contributed by atoms with van der Waals surface area (Å²) in [7, 11) is 1.90. The summed E-state index contributed by atoms with van der Waals surface area (Å²) in [4.78, 5) is 26.8. The van der Waals surface area contributed by atoms with E-state index in [0.29, 0.717) is 33.8 Å². The zero-order chi connectivity index (χ0) is 27.2. The molecule has 2 aromatic heterocycles. The maximum atomic E-state index is 12.8. The van der Waals surface area contributed by atoms with Gasteiger partial charge in [0.05, 0.1) is 24.0 Å². The van der Waals surface area contributed by atoms with Crippen LogP contribution in [0.4, 0.5) is 5.00 Å². The smallest absolute Gasteiger partial charge is 0.341 e. The van der Waals surface area contributed by atoms with E-state index in [1.807, 2.05) is 50.6 Å². The van der Waals surface area contributed by atoms with E-state index in [4.69, 9.17) is 21.1 Å². The average Bonchev–Trinajstić information content (AvgIpc) is 3.40. The average molecular weight is 577 g/mol. The summed E-state index contributed by atoms with van der Waals surface area (Å²) < 4.78 is 13.3. The van der Waals surface area contributed by atoms with Crippen molar-refractivity contribution in [1.82, 2.24) is 14.8 Å². The fourth-order valence-corrected chi connectivity index (χ4v) is 6.56. The van der Waals surface area contributed by atoms with Gasteiger partial charge in [-0.1, -0.05) is 23.4 Å². The number of fused-ring (bicyclic) bond motifs is 1. The quantitative estimate of drug-likeness (QED) is 0.169. The lowest BCUT2D eigenvalue weighted by atomic mass is 9.95. The van der Waals surface area contributed by atoms with E-state index in [0.717, 1.165) is 54.8 Å². The van der Waals surface area contributed by atoms with Crippen LogP contribution in [0.3, 0.4) is 0 Å². The second-order valence-electron chi connectivity index (χ2n) is 9.53. The van der Waals surface area contributed by atoms with Gasteiger partial charge >= 0.3 is 5.97 Å². The van der Waals surface area contributed by atoms with E-state index in [1.165, 1.54) is 28.0 Å². The number of aryl methyl sites for hydroxylation is 3. The molecule has 2 heterocycles. The van der Waals surface area contributed by atoms with Gasteiger partial charge in [0.15, 0.2) is 5.16 Å². The number of nitrogens with zero attached hydrogens (tertiary/aromatic N) is 3. The molecular formula is C27H33ClN4O4S2. The van der Waals surface area contributed by atoms with Crippen LogP contribution >= 0.6 is 34.7 Å². The number of anilines is 1. The van der Waals surface area contributed by atoms with E-state index in [9.17, 15) is 9.59 Å². The number of halogens is 1. The fraction of sp³-hybridized carbons (Fsp3) is 0.481. The van der Waals surface area contributed by atoms with Gasteiger partial charge in [-0.2, -0.15) is 0 Å². The molecule has 38 heavy (non-hydrogen) atoms. The molecule has 1 aliphatic carbocycles. The van der Waals surface area contributed by atoms with Gasteiger partial charge in [0.2, 0.25) is 5.91 Å². The number of benzene rings is 1. The Bertz CT molecular complexity index is 1300. The lowest BCUT2D eigenvalue weighted by molar-refractivity contribution is -0.113. The third kappa shape index (κ3) is 7.09. The minimum atomic E-state index is -0.365. The zero-order valence-corrected chi connectivity index (χ0v) is 24.5. The molecule has 0 saturated carbocycles. The molecule has 0 radical (unpaired) electrons. The Kier molecular flexibility index (Phi) is 9.73. The molecule has 1 N–H and O–H groups in total. The maximum Gasteiger partial charge on any atom is 0.341 e. The number of nitrogens with one attached hydrogen (secondary N) is 1. The summed E-state index contributed by atoms with van der Waals surface area (Å²) in [6, 6.07) is 5.57. The van der Waals surface area contributed by atoms with Crippen LogP contribution in [0.5, 0.6) is 5.75 Å². The molecule has 0 fully saturated rings. The maximum absolute atomic E-state index is 12.8. The van der Waals surface area contributed by atoms with E-state index in [-0.39, 0.29) is 23.7 Å². The minimum absolute atomic E-state index is 0.159. The molecule has 0 aliphatic heterocycles. The molecule has 8 nitrogen and oxygen atoms in total. The van der Waals surface area contributed by atoms with Gasteiger partial charge in [0.1, 0.15) is 16.6 Å². The first-order valence-corrected chi connectivity index (χ1v) is 15.0. The number of aromatic nitrogens is 3. The number of rotatable bonds is 11. The molecule has 0 bridgehead atoms. The Labute approximate surface area is 236 Å². The molecule has 0 atom stereocenters. The van der Waals surface area contributed by atoms with Crippen LogP contribution in [0, 0.1) is 6.92 Å². The fourth-order valence-electron chi connectivity index (χ4n) is 4.31. The van der Waals surface area contributed by atoms with Gasteiger partial charge in [-0.25, -0.2) is 4.79 Å². The molecule has 204 valence electrons. The van der Waals surface area contributed by atoms with Gasteiger partial charge < -0.3 is 19.4 Å². The summed E-state index contributed by atoms with van der Waals surface area (Å²) in [6.45, 7) is 6.17. The molecule has 1 aromatic carbocycles. The zero-order valence-electron chi connectivity index (χ0n) is 22.1. The highest BCUT2D eigenvalue weighted by Crippen LogP contribution is 2.39. The van der Waals surface area contributed by atoms with Crippen molar-refractivity contribution >= 4 is 51.6 Å². The number of hydrogen-bond acceptors (Lipinski definition) is 8. The van der Waals surface area contributed by atoms with Crippen LogP contribution in [0.1, 0.15) is 65.3 Å². The largest absolute Gasteiger partial charge is 0.493 e. The second-order valence-corrected chi connectivity index (χ2v) is 12.0. The van der Waals surface area contributed by atoms with Gasteiger partial charge in [-0.3, -0.25) is 4.79 Å². The highest BCUT2D eigenvalue weighted by Gasteiger charge is 2.28. The van der Waals surface area contributed by atoms with Crippen molar-refractivity contribution in [3.63, 3.8) is 0 Å². The number of thioether (sulfide) groups is 1. The summed E-state index contributed by atoms with van der Waals surface area (Å²) in [5.74, 6) is 1.25. The number of carbonyl (C=O) groups is 2. The predicted molar refractivity (Wildman–Crippen MR) is 152 cm³/mol. The predicted octanol–water partition coefficient (Wildman–Crippen LogP) is 6.02. The number of amides is 1. The van der Waals surface area contributed by atoms with Crippen LogP contribution in [-0.4, -0.2) is 45.1 Å². The SMILES string of the molecule is Cc1cc(Cl)ccc1OCCCc1nnc(SCC(=O)Nc2sc3c(c2C(=O)OC(C)C)CCCC3)n1C. The van der Waals surface area contributed by atoms with Crippen LogP contribution in [-0.2, 0) is 35.8 Å². The van der Waals surface area contributed by atoms with Gasteiger partial charge in [0, 0.05) is 23.4 Å². The number of hydrogen-bond donors (Lipinski definition) is 1. The lowest BCUT2D eigenvalue weighted by Crippen LogP contribution is -2.19. The molecule has 3 aromatic rings.